The predicted octanol–water partition coefficient (Wildman–Crippen LogP) is 3.39. The van der Waals surface area contributed by atoms with Crippen molar-refractivity contribution in [1.29, 1.82) is 0 Å². The third-order valence-corrected chi connectivity index (χ3v) is 5.23. The Morgan fingerprint density at radius 3 is 2.20 bits per heavy atom. The third-order valence-electron chi connectivity index (χ3n) is 2.72. The van der Waals surface area contributed by atoms with E-state index in [0.29, 0.717) is 6.07 Å². The molecule has 7 heteroatoms. The molecule has 0 spiro atoms. The molecule has 0 bridgehead atoms. The van der Waals surface area contributed by atoms with Gasteiger partial charge in [-0.15, -0.1) is 0 Å². The number of halogens is 3. The standard InChI is InChI=1S/C13H10F2INO2S/c1-17(13-7-2-9(14)8-12(13)15)20(18,19)11-5-3-10(16)4-6-11/h2-8H,1H3. The lowest BCUT2D eigenvalue weighted by atomic mass is 10.3. The minimum atomic E-state index is -3.88. The van der Waals surface area contributed by atoms with E-state index in [-0.39, 0.29) is 10.6 Å². The molecule has 0 unspecified atom stereocenters. The van der Waals surface area contributed by atoms with Gasteiger partial charge in [0.2, 0.25) is 0 Å². The second kappa shape index (κ2) is 5.65. The van der Waals surface area contributed by atoms with Crippen molar-refractivity contribution < 1.29 is 17.2 Å². The van der Waals surface area contributed by atoms with Crippen LogP contribution >= 0.6 is 22.6 Å². The normalized spacial score (nSPS) is 11.4. The Hall–Kier alpha value is -1.22. The summed E-state index contributed by atoms with van der Waals surface area (Å²) in [5.74, 6) is -1.69. The van der Waals surface area contributed by atoms with Crippen LogP contribution in [0.25, 0.3) is 0 Å². The third kappa shape index (κ3) is 2.93. The van der Waals surface area contributed by atoms with Crippen molar-refractivity contribution in [2.45, 2.75) is 4.90 Å². The van der Waals surface area contributed by atoms with Crippen LogP contribution in [0.5, 0.6) is 0 Å². The molecule has 0 amide bonds. The summed E-state index contributed by atoms with van der Waals surface area (Å²) in [6.45, 7) is 0. The van der Waals surface area contributed by atoms with Crippen LogP contribution in [0.15, 0.2) is 47.4 Å². The molecule has 0 saturated carbocycles. The first kappa shape index (κ1) is 15.2. The average molecular weight is 409 g/mol. The van der Waals surface area contributed by atoms with Crippen LogP contribution in [0, 0.1) is 15.2 Å². The molecule has 0 radical (unpaired) electrons. The number of anilines is 1. The highest BCUT2D eigenvalue weighted by atomic mass is 127. The van der Waals surface area contributed by atoms with Crippen LogP contribution in [-0.4, -0.2) is 15.5 Å². The molecule has 3 nitrogen and oxygen atoms in total. The zero-order valence-electron chi connectivity index (χ0n) is 10.3. The Balaban J connectivity index is 2.45. The lowest BCUT2D eigenvalue weighted by Crippen LogP contribution is -2.27. The van der Waals surface area contributed by atoms with Crippen LogP contribution in [0.4, 0.5) is 14.5 Å². The molecule has 2 rings (SSSR count). The van der Waals surface area contributed by atoms with E-state index in [2.05, 4.69) is 22.6 Å². The van der Waals surface area contributed by atoms with Crippen molar-refractivity contribution >= 4 is 38.3 Å². The molecular formula is C13H10F2INO2S. The second-order valence-corrected chi connectivity index (χ2v) is 7.24. The van der Waals surface area contributed by atoms with Crippen LogP contribution in [0.1, 0.15) is 0 Å². The van der Waals surface area contributed by atoms with Crippen molar-refractivity contribution in [3.05, 3.63) is 57.7 Å². The van der Waals surface area contributed by atoms with Gasteiger partial charge in [-0.05, 0) is 59.0 Å². The maximum Gasteiger partial charge on any atom is 0.264 e. The zero-order chi connectivity index (χ0) is 14.9. The summed E-state index contributed by atoms with van der Waals surface area (Å²) < 4.78 is 52.9. The number of hydrogen-bond acceptors (Lipinski definition) is 2. The van der Waals surface area contributed by atoms with E-state index < -0.39 is 21.7 Å². The molecule has 0 fully saturated rings. The number of rotatable bonds is 3. The molecule has 0 aliphatic rings. The summed E-state index contributed by atoms with van der Waals surface area (Å²) in [5, 5.41) is 0. The molecule has 0 saturated heterocycles. The molecular weight excluding hydrogens is 399 g/mol. The summed E-state index contributed by atoms with van der Waals surface area (Å²) in [5.41, 5.74) is -0.204. The van der Waals surface area contributed by atoms with E-state index in [1.165, 1.54) is 19.2 Å². The summed E-state index contributed by atoms with van der Waals surface area (Å²) in [4.78, 5) is 0.0455. The van der Waals surface area contributed by atoms with Crippen LogP contribution in [0.2, 0.25) is 0 Å². The Kier molecular flexibility index (Phi) is 4.28. The van der Waals surface area contributed by atoms with E-state index in [9.17, 15) is 17.2 Å². The molecule has 0 aliphatic heterocycles. The highest BCUT2D eigenvalue weighted by Gasteiger charge is 2.23. The van der Waals surface area contributed by atoms with Gasteiger partial charge >= 0.3 is 0 Å². The van der Waals surface area contributed by atoms with Crippen molar-refractivity contribution in [1.82, 2.24) is 0 Å². The highest BCUT2D eigenvalue weighted by molar-refractivity contribution is 14.1. The van der Waals surface area contributed by atoms with E-state index >= 15 is 0 Å². The lowest BCUT2D eigenvalue weighted by molar-refractivity contribution is 0.577. The summed E-state index contributed by atoms with van der Waals surface area (Å²) in [6.07, 6.45) is 0. The van der Waals surface area contributed by atoms with Gasteiger partial charge < -0.3 is 0 Å². The van der Waals surface area contributed by atoms with Gasteiger partial charge in [-0.2, -0.15) is 0 Å². The van der Waals surface area contributed by atoms with E-state index in [0.717, 1.165) is 20.0 Å². The Labute approximate surface area is 129 Å². The molecule has 0 atom stereocenters. The number of sulfonamides is 1. The van der Waals surface area contributed by atoms with Crippen molar-refractivity contribution in [3.8, 4) is 0 Å². The highest BCUT2D eigenvalue weighted by Crippen LogP contribution is 2.25. The smallest absolute Gasteiger partial charge is 0.264 e. The van der Waals surface area contributed by atoms with Gasteiger partial charge in [-0.3, -0.25) is 4.31 Å². The minimum Gasteiger partial charge on any atom is -0.266 e. The summed E-state index contributed by atoms with van der Waals surface area (Å²) in [7, 11) is -2.65. The fraction of sp³-hybridized carbons (Fsp3) is 0.0769. The van der Waals surface area contributed by atoms with Gasteiger partial charge in [-0.25, -0.2) is 17.2 Å². The number of nitrogens with zero attached hydrogens (tertiary/aromatic N) is 1. The Morgan fingerprint density at radius 1 is 1.05 bits per heavy atom. The maximum atomic E-state index is 13.7. The Morgan fingerprint density at radius 2 is 1.65 bits per heavy atom. The summed E-state index contributed by atoms with van der Waals surface area (Å²) >= 11 is 2.05. The molecule has 20 heavy (non-hydrogen) atoms. The van der Waals surface area contributed by atoms with E-state index in [1.807, 2.05) is 0 Å². The molecule has 2 aromatic rings. The van der Waals surface area contributed by atoms with Crippen LogP contribution < -0.4 is 4.31 Å². The first-order valence-electron chi connectivity index (χ1n) is 5.52. The van der Waals surface area contributed by atoms with Crippen molar-refractivity contribution in [3.63, 3.8) is 0 Å². The fourth-order valence-electron chi connectivity index (χ4n) is 1.63. The molecule has 106 valence electrons. The van der Waals surface area contributed by atoms with Crippen molar-refractivity contribution in [2.75, 3.05) is 11.4 Å². The van der Waals surface area contributed by atoms with Crippen LogP contribution in [0.3, 0.4) is 0 Å². The van der Waals surface area contributed by atoms with Gasteiger partial charge in [-0.1, -0.05) is 0 Å². The average Bonchev–Trinajstić information content (AvgIpc) is 2.38. The number of benzene rings is 2. The topological polar surface area (TPSA) is 37.4 Å². The zero-order valence-corrected chi connectivity index (χ0v) is 13.3. The summed E-state index contributed by atoms with van der Waals surface area (Å²) in [6, 6.07) is 8.91. The first-order chi connectivity index (χ1) is 9.32. The molecule has 0 heterocycles. The lowest BCUT2D eigenvalue weighted by Gasteiger charge is -2.20. The SMILES string of the molecule is CN(c1ccc(F)cc1F)S(=O)(=O)c1ccc(I)cc1. The molecule has 0 aromatic heterocycles. The van der Waals surface area contributed by atoms with E-state index in [1.54, 1.807) is 12.1 Å². The minimum absolute atomic E-state index is 0.0455. The first-order valence-corrected chi connectivity index (χ1v) is 8.04. The maximum absolute atomic E-state index is 13.7. The van der Waals surface area contributed by atoms with Gasteiger partial charge in [0.05, 0.1) is 10.6 Å². The van der Waals surface area contributed by atoms with E-state index in [4.69, 9.17) is 0 Å². The van der Waals surface area contributed by atoms with Gasteiger partial charge in [0.15, 0.2) is 0 Å². The molecule has 0 N–H and O–H groups in total. The monoisotopic (exact) mass is 409 g/mol. The van der Waals surface area contributed by atoms with Crippen LogP contribution in [-0.2, 0) is 10.0 Å². The quantitative estimate of drug-likeness (QED) is 0.729. The fourth-order valence-corrected chi connectivity index (χ4v) is 3.19. The number of hydrogen-bond donors (Lipinski definition) is 0. The molecule has 0 aliphatic carbocycles. The van der Waals surface area contributed by atoms with Gasteiger partial charge in [0.1, 0.15) is 11.6 Å². The van der Waals surface area contributed by atoms with Gasteiger partial charge in [0.25, 0.3) is 10.0 Å². The Bertz CT molecular complexity index is 733. The second-order valence-electron chi connectivity index (χ2n) is 4.02. The van der Waals surface area contributed by atoms with Crippen molar-refractivity contribution in [2.24, 2.45) is 0 Å². The van der Waals surface area contributed by atoms with Gasteiger partial charge in [0, 0.05) is 16.7 Å². The predicted molar refractivity (Wildman–Crippen MR) is 81.1 cm³/mol. The molecule has 2 aromatic carbocycles. The largest absolute Gasteiger partial charge is 0.266 e.